The number of carbonyl (C=O) groups excluding carboxylic acids is 3. The van der Waals surface area contributed by atoms with Crippen LogP contribution in [0, 0.1) is 0 Å². The molecule has 334 valence electrons. The van der Waals surface area contributed by atoms with Crippen molar-refractivity contribution >= 4 is 17.9 Å². The number of esters is 3. The van der Waals surface area contributed by atoms with Gasteiger partial charge in [-0.2, -0.15) is 0 Å². The molecule has 1 atom stereocenters. The highest BCUT2D eigenvalue weighted by molar-refractivity contribution is 5.71. The van der Waals surface area contributed by atoms with Crippen molar-refractivity contribution in [1.82, 2.24) is 0 Å². The van der Waals surface area contributed by atoms with Gasteiger partial charge in [0, 0.05) is 19.3 Å². The smallest absolute Gasteiger partial charge is 0.306 e. The molecule has 0 aliphatic carbocycles. The summed E-state index contributed by atoms with van der Waals surface area (Å²) in [5.74, 6) is -1.04. The van der Waals surface area contributed by atoms with Crippen LogP contribution >= 0.6 is 0 Å². The van der Waals surface area contributed by atoms with Crippen LogP contribution < -0.4 is 0 Å². The van der Waals surface area contributed by atoms with E-state index in [2.05, 4.69) is 106 Å². The molecule has 0 aromatic heterocycles. The fourth-order valence-electron chi connectivity index (χ4n) is 6.05. The summed E-state index contributed by atoms with van der Waals surface area (Å²) in [4.78, 5) is 37.8. The van der Waals surface area contributed by atoms with Gasteiger partial charge in [0.1, 0.15) is 13.2 Å². The SMILES string of the molecule is CC/C=C\C/C=C\C/C=C\C/C=C\C/C=C\CCC(=O)OCC(COC(=O)CCCCCCC/C=C\C/C=C\CC)OC(=O)CCCCC/C=C\CCCCCCCC. The zero-order valence-corrected chi connectivity index (χ0v) is 38.0. The predicted molar refractivity (Wildman–Crippen MR) is 251 cm³/mol. The van der Waals surface area contributed by atoms with Crippen molar-refractivity contribution in [3.63, 3.8) is 0 Å². The Morgan fingerprint density at radius 2 is 0.695 bits per heavy atom. The van der Waals surface area contributed by atoms with Crippen molar-refractivity contribution in [3.8, 4) is 0 Å². The number of allylic oxidation sites excluding steroid dienone is 16. The third kappa shape index (κ3) is 45.3. The van der Waals surface area contributed by atoms with Crippen LogP contribution in [0.2, 0.25) is 0 Å². The molecule has 0 saturated heterocycles. The van der Waals surface area contributed by atoms with Crippen LogP contribution in [0.1, 0.15) is 201 Å². The molecule has 6 nitrogen and oxygen atoms in total. The zero-order chi connectivity index (χ0) is 43.0. The molecular formula is C53H86O6. The van der Waals surface area contributed by atoms with Crippen molar-refractivity contribution in [2.24, 2.45) is 0 Å². The molecule has 0 fully saturated rings. The summed E-state index contributed by atoms with van der Waals surface area (Å²) in [5.41, 5.74) is 0. The average Bonchev–Trinajstić information content (AvgIpc) is 3.23. The maximum atomic E-state index is 12.7. The second-order valence-electron chi connectivity index (χ2n) is 15.2. The highest BCUT2D eigenvalue weighted by Crippen LogP contribution is 2.12. The summed E-state index contributed by atoms with van der Waals surface area (Å²) >= 11 is 0. The van der Waals surface area contributed by atoms with Crippen molar-refractivity contribution in [1.29, 1.82) is 0 Å². The largest absolute Gasteiger partial charge is 0.462 e. The van der Waals surface area contributed by atoms with Gasteiger partial charge in [-0.05, 0) is 103 Å². The fraction of sp³-hybridized carbons (Fsp3) is 0.642. The van der Waals surface area contributed by atoms with Crippen LogP contribution in [0.4, 0.5) is 0 Å². The summed E-state index contributed by atoms with van der Waals surface area (Å²) in [6, 6.07) is 0. The molecule has 0 aliphatic heterocycles. The van der Waals surface area contributed by atoms with Gasteiger partial charge in [-0.25, -0.2) is 0 Å². The predicted octanol–water partition coefficient (Wildman–Crippen LogP) is 15.4. The highest BCUT2D eigenvalue weighted by atomic mass is 16.6. The van der Waals surface area contributed by atoms with Crippen LogP contribution in [0.5, 0.6) is 0 Å². The number of hydrogen-bond acceptors (Lipinski definition) is 6. The van der Waals surface area contributed by atoms with E-state index in [1.54, 1.807) is 0 Å². The Labute approximate surface area is 362 Å². The molecule has 0 N–H and O–H groups in total. The molecule has 0 aromatic rings. The molecule has 0 heterocycles. The Kier molecular flexibility index (Phi) is 44.1. The fourth-order valence-corrected chi connectivity index (χ4v) is 6.05. The molecule has 0 radical (unpaired) electrons. The second-order valence-corrected chi connectivity index (χ2v) is 15.2. The van der Waals surface area contributed by atoms with Gasteiger partial charge in [0.05, 0.1) is 0 Å². The lowest BCUT2D eigenvalue weighted by Crippen LogP contribution is -2.30. The Morgan fingerprint density at radius 3 is 1.17 bits per heavy atom. The van der Waals surface area contributed by atoms with E-state index in [1.807, 2.05) is 12.2 Å². The second kappa shape index (κ2) is 47.0. The van der Waals surface area contributed by atoms with Crippen LogP contribution in [-0.4, -0.2) is 37.2 Å². The van der Waals surface area contributed by atoms with Crippen molar-refractivity contribution in [2.75, 3.05) is 13.2 Å². The number of unbranched alkanes of at least 4 members (excludes halogenated alkanes) is 14. The quantitative estimate of drug-likeness (QED) is 0.0265. The van der Waals surface area contributed by atoms with Gasteiger partial charge in [-0.1, -0.05) is 176 Å². The molecule has 6 heteroatoms. The van der Waals surface area contributed by atoms with E-state index in [4.69, 9.17) is 14.2 Å². The molecule has 59 heavy (non-hydrogen) atoms. The molecule has 0 aromatic carbocycles. The van der Waals surface area contributed by atoms with E-state index in [0.717, 1.165) is 116 Å². The first-order valence-electron chi connectivity index (χ1n) is 23.7. The number of carbonyl (C=O) groups is 3. The van der Waals surface area contributed by atoms with Gasteiger partial charge < -0.3 is 14.2 Å². The first-order valence-corrected chi connectivity index (χ1v) is 23.7. The van der Waals surface area contributed by atoms with Gasteiger partial charge in [0.15, 0.2) is 6.10 Å². The molecule has 0 spiro atoms. The molecule has 1 unspecified atom stereocenters. The van der Waals surface area contributed by atoms with Crippen LogP contribution in [0.3, 0.4) is 0 Å². The van der Waals surface area contributed by atoms with Gasteiger partial charge in [-0.15, -0.1) is 0 Å². The molecule has 0 bridgehead atoms. The van der Waals surface area contributed by atoms with E-state index < -0.39 is 6.10 Å². The summed E-state index contributed by atoms with van der Waals surface area (Å²) in [7, 11) is 0. The van der Waals surface area contributed by atoms with Crippen molar-refractivity contribution in [2.45, 2.75) is 207 Å². The van der Waals surface area contributed by atoms with Crippen molar-refractivity contribution < 1.29 is 28.6 Å². The Balaban J connectivity index is 4.55. The van der Waals surface area contributed by atoms with Crippen LogP contribution in [0.15, 0.2) is 97.2 Å². The topological polar surface area (TPSA) is 78.9 Å². The minimum Gasteiger partial charge on any atom is -0.462 e. The van der Waals surface area contributed by atoms with Gasteiger partial charge in [-0.3, -0.25) is 14.4 Å². The van der Waals surface area contributed by atoms with Crippen LogP contribution in [0.25, 0.3) is 0 Å². The summed E-state index contributed by atoms with van der Waals surface area (Å²) < 4.78 is 16.6. The number of rotatable bonds is 41. The maximum absolute atomic E-state index is 12.7. The Morgan fingerprint density at radius 1 is 0.356 bits per heavy atom. The molecule has 0 amide bonds. The standard InChI is InChI=1S/C53H86O6/c1-4-7-10-13-16-19-22-25-26-27-29-31-34-37-40-43-46-52(55)58-49-50(48-57-51(54)45-42-39-36-33-30-24-21-18-15-12-9-6-3)59-53(56)47-44-41-38-35-32-28-23-20-17-14-11-8-5-2/h7,9-10,12,16,18-19,21,25-26,28-29,31-32,37,40,50H,4-6,8,11,13-15,17,20,22-24,27,30,33-36,38-39,41-49H2,1-3H3/b10-7-,12-9-,19-16-,21-18-,26-25-,31-29-,32-28-,40-37-. The molecular weight excluding hydrogens is 733 g/mol. The zero-order valence-electron chi connectivity index (χ0n) is 38.0. The summed E-state index contributed by atoms with van der Waals surface area (Å²) in [6.07, 6.45) is 61.2. The third-order valence-corrected chi connectivity index (χ3v) is 9.57. The Hall–Kier alpha value is -3.67. The first-order chi connectivity index (χ1) is 29.0. The lowest BCUT2D eigenvalue weighted by molar-refractivity contribution is -0.166. The van der Waals surface area contributed by atoms with Gasteiger partial charge in [0.25, 0.3) is 0 Å². The number of ether oxygens (including phenoxy) is 3. The van der Waals surface area contributed by atoms with Gasteiger partial charge >= 0.3 is 17.9 Å². The lowest BCUT2D eigenvalue weighted by Gasteiger charge is -2.18. The molecule has 0 rings (SSSR count). The minimum atomic E-state index is -0.820. The lowest BCUT2D eigenvalue weighted by atomic mass is 10.1. The molecule has 0 aliphatic rings. The van der Waals surface area contributed by atoms with E-state index >= 15 is 0 Å². The van der Waals surface area contributed by atoms with E-state index in [0.29, 0.717) is 12.8 Å². The summed E-state index contributed by atoms with van der Waals surface area (Å²) in [5, 5.41) is 0. The van der Waals surface area contributed by atoms with E-state index in [1.165, 1.54) is 38.5 Å². The summed E-state index contributed by atoms with van der Waals surface area (Å²) in [6.45, 7) is 6.29. The van der Waals surface area contributed by atoms with E-state index in [-0.39, 0.29) is 44.0 Å². The van der Waals surface area contributed by atoms with Gasteiger partial charge in [0.2, 0.25) is 0 Å². The first kappa shape index (κ1) is 55.3. The third-order valence-electron chi connectivity index (χ3n) is 9.57. The van der Waals surface area contributed by atoms with E-state index in [9.17, 15) is 14.4 Å². The highest BCUT2D eigenvalue weighted by Gasteiger charge is 2.19. The van der Waals surface area contributed by atoms with Crippen LogP contribution in [-0.2, 0) is 28.6 Å². The normalized spacial score (nSPS) is 12.9. The molecule has 0 saturated carbocycles. The number of hydrogen-bond donors (Lipinski definition) is 0. The minimum absolute atomic E-state index is 0.115. The Bertz CT molecular complexity index is 1220. The average molecular weight is 819 g/mol. The maximum Gasteiger partial charge on any atom is 0.306 e. The van der Waals surface area contributed by atoms with Crippen molar-refractivity contribution in [3.05, 3.63) is 97.2 Å². The monoisotopic (exact) mass is 819 g/mol.